The smallest absolute Gasteiger partial charge is 0.239 e. The quantitative estimate of drug-likeness (QED) is 0.919. The number of rotatable bonds is 4. The van der Waals surface area contributed by atoms with Crippen LogP contribution in [0.5, 0.6) is 0 Å². The van der Waals surface area contributed by atoms with Crippen LogP contribution in [0.2, 0.25) is 0 Å². The molecule has 0 bridgehead atoms. The van der Waals surface area contributed by atoms with Crippen LogP contribution in [0.3, 0.4) is 0 Å². The lowest BCUT2D eigenvalue weighted by Crippen LogP contribution is -2.44. The summed E-state index contributed by atoms with van der Waals surface area (Å²) < 4.78 is 13.0. The predicted molar refractivity (Wildman–Crippen MR) is 83.6 cm³/mol. The Kier molecular flexibility index (Phi) is 4.74. The first-order chi connectivity index (χ1) is 10.7. The van der Waals surface area contributed by atoms with E-state index >= 15 is 0 Å². The number of benzene rings is 1. The Hall–Kier alpha value is -1.46. The summed E-state index contributed by atoms with van der Waals surface area (Å²) in [4.78, 5) is 17.0. The van der Waals surface area contributed by atoms with Gasteiger partial charge in [-0.15, -0.1) is 0 Å². The van der Waals surface area contributed by atoms with Crippen molar-refractivity contribution in [2.45, 2.75) is 31.8 Å². The van der Waals surface area contributed by atoms with Gasteiger partial charge in [-0.3, -0.25) is 9.69 Å². The average Bonchev–Trinajstić information content (AvgIpc) is 3.18. The Bertz CT molecular complexity index is 519. The highest BCUT2D eigenvalue weighted by molar-refractivity contribution is 5.82. The molecule has 3 rings (SSSR count). The van der Waals surface area contributed by atoms with Crippen molar-refractivity contribution in [1.29, 1.82) is 0 Å². The molecule has 5 heteroatoms. The minimum absolute atomic E-state index is 0.0263. The Morgan fingerprint density at radius 2 is 2.00 bits per heavy atom. The summed E-state index contributed by atoms with van der Waals surface area (Å²) in [5.41, 5.74) is 6.77. The van der Waals surface area contributed by atoms with Gasteiger partial charge in [-0.05, 0) is 56.0 Å². The molecule has 0 aromatic heterocycles. The molecule has 2 saturated heterocycles. The van der Waals surface area contributed by atoms with Gasteiger partial charge in [0.25, 0.3) is 0 Å². The third-order valence-electron chi connectivity index (χ3n) is 4.88. The fourth-order valence-electron chi connectivity index (χ4n) is 3.56. The van der Waals surface area contributed by atoms with Crippen LogP contribution in [0.1, 0.15) is 24.8 Å². The fraction of sp³-hybridized carbons (Fsp3) is 0.588. The second-order valence-electron chi connectivity index (χ2n) is 6.43. The predicted octanol–water partition coefficient (Wildman–Crippen LogP) is 1.60. The molecule has 2 fully saturated rings. The highest BCUT2D eigenvalue weighted by atomic mass is 19.1. The van der Waals surface area contributed by atoms with Crippen molar-refractivity contribution >= 4 is 5.91 Å². The molecule has 2 atom stereocenters. The third kappa shape index (κ3) is 3.31. The summed E-state index contributed by atoms with van der Waals surface area (Å²) in [6, 6.07) is 6.54. The minimum Gasteiger partial charge on any atom is -0.341 e. The van der Waals surface area contributed by atoms with Crippen LogP contribution >= 0.6 is 0 Å². The summed E-state index contributed by atoms with van der Waals surface area (Å²) in [5, 5.41) is 0. The third-order valence-corrected chi connectivity index (χ3v) is 4.88. The molecule has 2 heterocycles. The van der Waals surface area contributed by atoms with E-state index in [-0.39, 0.29) is 17.8 Å². The number of halogens is 1. The molecule has 1 amide bonds. The second kappa shape index (κ2) is 6.75. The van der Waals surface area contributed by atoms with E-state index < -0.39 is 0 Å². The van der Waals surface area contributed by atoms with E-state index in [1.54, 1.807) is 12.1 Å². The lowest BCUT2D eigenvalue weighted by Gasteiger charge is -2.28. The van der Waals surface area contributed by atoms with E-state index in [9.17, 15) is 9.18 Å². The van der Waals surface area contributed by atoms with Crippen molar-refractivity contribution in [2.75, 3.05) is 26.2 Å². The zero-order chi connectivity index (χ0) is 15.5. The van der Waals surface area contributed by atoms with E-state index in [1.807, 2.05) is 4.90 Å². The lowest BCUT2D eigenvalue weighted by molar-refractivity contribution is -0.135. The van der Waals surface area contributed by atoms with Crippen molar-refractivity contribution in [3.05, 3.63) is 35.6 Å². The van der Waals surface area contributed by atoms with E-state index in [1.165, 1.54) is 12.1 Å². The molecule has 1 aromatic carbocycles. The lowest BCUT2D eigenvalue weighted by atomic mass is 10.1. The molecule has 1 aromatic rings. The van der Waals surface area contributed by atoms with Crippen molar-refractivity contribution in [2.24, 2.45) is 11.7 Å². The zero-order valence-corrected chi connectivity index (χ0v) is 12.9. The van der Waals surface area contributed by atoms with E-state index in [0.717, 1.165) is 44.5 Å². The highest BCUT2D eigenvalue weighted by Crippen LogP contribution is 2.24. The first kappa shape index (κ1) is 15.4. The maximum Gasteiger partial charge on any atom is 0.239 e. The summed E-state index contributed by atoms with van der Waals surface area (Å²) in [6.07, 6.45) is 2.99. The molecule has 2 aliphatic rings. The van der Waals surface area contributed by atoms with Crippen LogP contribution < -0.4 is 5.73 Å². The number of hydrogen-bond acceptors (Lipinski definition) is 3. The average molecular weight is 305 g/mol. The van der Waals surface area contributed by atoms with Crippen molar-refractivity contribution in [3.63, 3.8) is 0 Å². The number of likely N-dealkylation sites (tertiary alicyclic amines) is 2. The standard InChI is InChI=1S/C17H24FN3O/c18-15-5-3-13(4-6-15)11-20-8-1-2-16(20)17(22)21-9-7-14(10-19)12-21/h3-6,14,16H,1-2,7-12,19H2/t14-,16-/m1/s1. The van der Waals surface area contributed by atoms with Crippen molar-refractivity contribution < 1.29 is 9.18 Å². The number of carbonyl (C=O) groups is 1. The summed E-state index contributed by atoms with van der Waals surface area (Å²) in [6.45, 7) is 3.94. The van der Waals surface area contributed by atoms with Crippen LogP contribution in [-0.2, 0) is 11.3 Å². The van der Waals surface area contributed by atoms with Gasteiger partial charge >= 0.3 is 0 Å². The van der Waals surface area contributed by atoms with Gasteiger partial charge in [-0.25, -0.2) is 4.39 Å². The SMILES string of the molecule is NC[C@H]1CCN(C(=O)[C@H]2CCCN2Cc2ccc(F)cc2)C1. The second-order valence-corrected chi connectivity index (χ2v) is 6.43. The van der Waals surface area contributed by atoms with Crippen LogP contribution in [0.4, 0.5) is 4.39 Å². The minimum atomic E-state index is -0.220. The summed E-state index contributed by atoms with van der Waals surface area (Å²) >= 11 is 0. The molecule has 0 radical (unpaired) electrons. The number of nitrogens with two attached hydrogens (primary N) is 1. The van der Waals surface area contributed by atoms with Crippen LogP contribution in [0.25, 0.3) is 0 Å². The number of nitrogens with zero attached hydrogens (tertiary/aromatic N) is 2. The molecule has 120 valence electrons. The van der Waals surface area contributed by atoms with Gasteiger partial charge < -0.3 is 10.6 Å². The van der Waals surface area contributed by atoms with Crippen LogP contribution in [-0.4, -0.2) is 47.9 Å². The van der Waals surface area contributed by atoms with Crippen LogP contribution in [0, 0.1) is 11.7 Å². The Morgan fingerprint density at radius 3 is 2.68 bits per heavy atom. The molecule has 2 N–H and O–H groups in total. The highest BCUT2D eigenvalue weighted by Gasteiger charge is 2.36. The monoisotopic (exact) mass is 305 g/mol. The molecule has 2 aliphatic heterocycles. The van der Waals surface area contributed by atoms with Gasteiger partial charge in [0, 0.05) is 19.6 Å². The van der Waals surface area contributed by atoms with Crippen LogP contribution in [0.15, 0.2) is 24.3 Å². The van der Waals surface area contributed by atoms with Gasteiger partial charge in [0.05, 0.1) is 6.04 Å². The van der Waals surface area contributed by atoms with Gasteiger partial charge in [-0.2, -0.15) is 0 Å². The Morgan fingerprint density at radius 1 is 1.23 bits per heavy atom. The molecule has 0 saturated carbocycles. The molecule has 0 aliphatic carbocycles. The summed E-state index contributed by atoms with van der Waals surface area (Å²) in [5.74, 6) is 0.481. The molecular weight excluding hydrogens is 281 g/mol. The molecular formula is C17H24FN3O. The van der Waals surface area contributed by atoms with Gasteiger partial charge in [0.1, 0.15) is 5.82 Å². The summed E-state index contributed by atoms with van der Waals surface area (Å²) in [7, 11) is 0. The van der Waals surface area contributed by atoms with E-state index in [0.29, 0.717) is 19.0 Å². The molecule has 22 heavy (non-hydrogen) atoms. The topological polar surface area (TPSA) is 49.6 Å². The molecule has 0 unspecified atom stereocenters. The van der Waals surface area contributed by atoms with E-state index in [4.69, 9.17) is 5.73 Å². The first-order valence-corrected chi connectivity index (χ1v) is 8.14. The fourth-order valence-corrected chi connectivity index (χ4v) is 3.56. The van der Waals surface area contributed by atoms with Crippen molar-refractivity contribution in [1.82, 2.24) is 9.80 Å². The Labute approximate surface area is 131 Å². The maximum atomic E-state index is 13.0. The van der Waals surface area contributed by atoms with Gasteiger partial charge in [0.15, 0.2) is 0 Å². The maximum absolute atomic E-state index is 13.0. The van der Waals surface area contributed by atoms with Gasteiger partial charge in [-0.1, -0.05) is 12.1 Å². The van der Waals surface area contributed by atoms with Gasteiger partial charge in [0.2, 0.25) is 5.91 Å². The number of amides is 1. The normalized spacial score (nSPS) is 25.8. The largest absolute Gasteiger partial charge is 0.341 e. The zero-order valence-electron chi connectivity index (χ0n) is 12.9. The van der Waals surface area contributed by atoms with E-state index in [2.05, 4.69) is 4.90 Å². The number of hydrogen-bond donors (Lipinski definition) is 1. The molecule has 0 spiro atoms. The first-order valence-electron chi connectivity index (χ1n) is 8.14. The Balaban J connectivity index is 1.63. The van der Waals surface area contributed by atoms with Crippen molar-refractivity contribution in [3.8, 4) is 0 Å². The number of carbonyl (C=O) groups excluding carboxylic acids is 1. The molecule has 4 nitrogen and oxygen atoms in total.